The fourth-order valence-corrected chi connectivity index (χ4v) is 4.75. The Morgan fingerprint density at radius 3 is 2.84 bits per heavy atom. The van der Waals surface area contributed by atoms with Gasteiger partial charge in [-0.25, -0.2) is 4.98 Å². The number of aromatic amines is 1. The summed E-state index contributed by atoms with van der Waals surface area (Å²) in [5.74, 6) is -0.212. The number of ether oxygens (including phenoxy) is 2. The van der Waals surface area contributed by atoms with Gasteiger partial charge in [0.25, 0.3) is 0 Å². The third-order valence-corrected chi connectivity index (χ3v) is 6.35. The first-order chi connectivity index (χ1) is 15.4. The van der Waals surface area contributed by atoms with Gasteiger partial charge in [-0.1, -0.05) is 24.3 Å². The fourth-order valence-electron chi connectivity index (χ4n) is 4.75. The molecule has 3 heterocycles. The van der Waals surface area contributed by atoms with Crippen molar-refractivity contribution in [3.8, 4) is 5.75 Å². The number of methoxy groups -OCH3 is 1. The minimum absolute atomic E-state index is 0.000801. The van der Waals surface area contributed by atoms with Gasteiger partial charge in [0.1, 0.15) is 17.9 Å². The summed E-state index contributed by atoms with van der Waals surface area (Å²) < 4.78 is 51.4. The lowest BCUT2D eigenvalue weighted by Crippen LogP contribution is -2.53. The van der Waals surface area contributed by atoms with Crippen LogP contribution in [-0.4, -0.2) is 53.8 Å². The number of anilines is 1. The molecule has 3 atom stereocenters. The molecule has 2 aromatic carbocycles. The van der Waals surface area contributed by atoms with E-state index in [2.05, 4.69) is 20.2 Å². The lowest BCUT2D eigenvalue weighted by Gasteiger charge is -2.44. The summed E-state index contributed by atoms with van der Waals surface area (Å²) in [6.07, 6.45) is -2.34. The predicted molar refractivity (Wildman–Crippen MR) is 115 cm³/mol. The van der Waals surface area contributed by atoms with E-state index < -0.39 is 12.0 Å². The summed E-state index contributed by atoms with van der Waals surface area (Å²) in [5, 5.41) is 3.51. The standard InChI is InChI=1S/C23H25F3N4O2/c1-31-14-6-5-11-30(12-14)18-13-32-19-10-3-2-7-15(19)20(18)27-16-8-4-9-17-21(16)29-22(28-17)23(24,25)26/h2-4,7-10,14,18,20,27H,5-6,11-13H2,1H3,(H,28,29). The molecule has 0 amide bonds. The van der Waals surface area contributed by atoms with E-state index in [1.54, 1.807) is 25.3 Å². The van der Waals surface area contributed by atoms with E-state index >= 15 is 0 Å². The lowest BCUT2D eigenvalue weighted by molar-refractivity contribution is -0.144. The molecule has 170 valence electrons. The summed E-state index contributed by atoms with van der Waals surface area (Å²) in [6, 6.07) is 12.7. The Hall–Kier alpha value is -2.78. The Kier molecular flexibility index (Phi) is 5.46. The minimum atomic E-state index is -4.53. The van der Waals surface area contributed by atoms with E-state index in [1.165, 1.54) is 0 Å². The van der Waals surface area contributed by atoms with Gasteiger partial charge >= 0.3 is 6.18 Å². The summed E-state index contributed by atoms with van der Waals surface area (Å²) in [7, 11) is 1.73. The second-order valence-electron chi connectivity index (χ2n) is 8.32. The van der Waals surface area contributed by atoms with Crippen LogP contribution in [0.5, 0.6) is 5.75 Å². The highest BCUT2D eigenvalue weighted by atomic mass is 19.4. The molecule has 0 saturated carbocycles. The Morgan fingerprint density at radius 2 is 2.03 bits per heavy atom. The number of hydrogen-bond acceptors (Lipinski definition) is 5. The smallest absolute Gasteiger partial charge is 0.449 e. The molecular weight excluding hydrogens is 421 g/mol. The molecule has 2 N–H and O–H groups in total. The van der Waals surface area contributed by atoms with Crippen molar-refractivity contribution in [3.63, 3.8) is 0 Å². The maximum absolute atomic E-state index is 13.2. The quantitative estimate of drug-likeness (QED) is 0.613. The normalized spacial score (nSPS) is 24.2. The number of alkyl halides is 3. The van der Waals surface area contributed by atoms with Gasteiger partial charge in [0.15, 0.2) is 0 Å². The zero-order chi connectivity index (χ0) is 22.3. The Labute approximate surface area is 183 Å². The highest BCUT2D eigenvalue weighted by Gasteiger charge is 2.38. The van der Waals surface area contributed by atoms with Crippen LogP contribution in [0.15, 0.2) is 42.5 Å². The molecule has 1 aromatic heterocycles. The van der Waals surface area contributed by atoms with Crippen molar-refractivity contribution < 1.29 is 22.6 Å². The molecule has 0 spiro atoms. The maximum atomic E-state index is 13.2. The molecule has 0 bridgehead atoms. The van der Waals surface area contributed by atoms with E-state index in [0.717, 1.165) is 37.2 Å². The summed E-state index contributed by atoms with van der Waals surface area (Å²) in [5.41, 5.74) is 2.15. The number of hydrogen-bond donors (Lipinski definition) is 2. The van der Waals surface area contributed by atoms with Crippen molar-refractivity contribution in [1.29, 1.82) is 0 Å². The zero-order valence-corrected chi connectivity index (χ0v) is 17.7. The largest absolute Gasteiger partial charge is 0.491 e. The molecule has 32 heavy (non-hydrogen) atoms. The fraction of sp³-hybridized carbons (Fsp3) is 0.435. The molecule has 0 aliphatic carbocycles. The predicted octanol–water partition coefficient (Wildman–Crippen LogP) is 4.61. The van der Waals surface area contributed by atoms with E-state index in [0.29, 0.717) is 17.8 Å². The number of para-hydroxylation sites is 2. The number of benzene rings is 2. The summed E-state index contributed by atoms with van der Waals surface area (Å²) >= 11 is 0. The van der Waals surface area contributed by atoms with Gasteiger partial charge in [-0.3, -0.25) is 4.90 Å². The van der Waals surface area contributed by atoms with Crippen molar-refractivity contribution in [2.24, 2.45) is 0 Å². The van der Waals surface area contributed by atoms with Crippen molar-refractivity contribution in [2.45, 2.75) is 37.2 Å². The first-order valence-corrected chi connectivity index (χ1v) is 10.7. The molecule has 1 saturated heterocycles. The van der Waals surface area contributed by atoms with Crippen molar-refractivity contribution in [1.82, 2.24) is 14.9 Å². The van der Waals surface area contributed by atoms with E-state index in [-0.39, 0.29) is 23.7 Å². The van der Waals surface area contributed by atoms with Crippen molar-refractivity contribution >= 4 is 16.7 Å². The monoisotopic (exact) mass is 446 g/mol. The third kappa shape index (κ3) is 3.91. The number of fused-ring (bicyclic) bond motifs is 2. The van der Waals surface area contributed by atoms with E-state index in [4.69, 9.17) is 9.47 Å². The molecular formula is C23H25F3N4O2. The summed E-state index contributed by atoms with van der Waals surface area (Å²) in [4.78, 5) is 8.61. The summed E-state index contributed by atoms with van der Waals surface area (Å²) in [6.45, 7) is 2.18. The van der Waals surface area contributed by atoms with Gasteiger partial charge in [0, 0.05) is 19.2 Å². The zero-order valence-electron chi connectivity index (χ0n) is 17.7. The average Bonchev–Trinajstić information content (AvgIpc) is 3.25. The first kappa shape index (κ1) is 21.1. The SMILES string of the molecule is COC1CCCN(C2COc3ccccc3C2Nc2cccc3[nH]c(C(F)(F)F)nc23)C1. The van der Waals surface area contributed by atoms with Crippen LogP contribution < -0.4 is 10.1 Å². The van der Waals surface area contributed by atoms with E-state index in [1.807, 2.05) is 24.3 Å². The highest BCUT2D eigenvalue weighted by Crippen LogP contribution is 2.39. The number of imidazole rings is 1. The number of aromatic nitrogens is 2. The molecule has 3 aromatic rings. The number of rotatable bonds is 4. The molecule has 3 unspecified atom stereocenters. The van der Waals surface area contributed by atoms with Gasteiger partial charge in [-0.05, 0) is 37.6 Å². The van der Waals surface area contributed by atoms with Crippen LogP contribution >= 0.6 is 0 Å². The van der Waals surface area contributed by atoms with Crippen LogP contribution in [0.25, 0.3) is 11.0 Å². The van der Waals surface area contributed by atoms with Crippen LogP contribution in [0.4, 0.5) is 18.9 Å². The minimum Gasteiger partial charge on any atom is -0.491 e. The Balaban J connectivity index is 1.52. The average molecular weight is 446 g/mol. The third-order valence-electron chi connectivity index (χ3n) is 6.35. The van der Waals surface area contributed by atoms with Crippen LogP contribution in [0.2, 0.25) is 0 Å². The van der Waals surface area contributed by atoms with Gasteiger partial charge in [-0.15, -0.1) is 0 Å². The van der Waals surface area contributed by atoms with Crippen molar-refractivity contribution in [2.75, 3.05) is 32.1 Å². The molecule has 1 fully saturated rings. The topological polar surface area (TPSA) is 62.4 Å². The molecule has 6 nitrogen and oxygen atoms in total. The van der Waals surface area contributed by atoms with Crippen LogP contribution in [0.3, 0.4) is 0 Å². The van der Waals surface area contributed by atoms with Gasteiger partial charge < -0.3 is 19.8 Å². The first-order valence-electron chi connectivity index (χ1n) is 10.7. The lowest BCUT2D eigenvalue weighted by atomic mass is 9.92. The number of nitrogens with zero attached hydrogens (tertiary/aromatic N) is 2. The number of halogens is 3. The van der Waals surface area contributed by atoms with Crippen LogP contribution in [0, 0.1) is 0 Å². The number of nitrogens with one attached hydrogen (secondary N) is 2. The molecule has 2 aliphatic heterocycles. The van der Waals surface area contributed by atoms with E-state index in [9.17, 15) is 13.2 Å². The molecule has 9 heteroatoms. The van der Waals surface area contributed by atoms with Gasteiger partial charge in [0.2, 0.25) is 5.82 Å². The van der Waals surface area contributed by atoms with Gasteiger partial charge in [0.05, 0.1) is 29.4 Å². The molecule has 5 rings (SSSR count). The number of piperidine rings is 1. The molecule has 0 radical (unpaired) electrons. The van der Waals surface area contributed by atoms with Crippen LogP contribution in [0.1, 0.15) is 30.3 Å². The molecule has 2 aliphatic rings. The maximum Gasteiger partial charge on any atom is 0.449 e. The Bertz CT molecular complexity index is 1100. The second-order valence-corrected chi connectivity index (χ2v) is 8.32. The number of likely N-dealkylation sites (tertiary alicyclic amines) is 1. The Morgan fingerprint density at radius 1 is 1.19 bits per heavy atom. The number of H-pyrrole nitrogens is 1. The highest BCUT2D eigenvalue weighted by molar-refractivity contribution is 5.88. The van der Waals surface area contributed by atoms with Gasteiger partial charge in [-0.2, -0.15) is 13.2 Å². The van der Waals surface area contributed by atoms with Crippen LogP contribution in [-0.2, 0) is 10.9 Å². The second kappa shape index (κ2) is 8.29. The van der Waals surface area contributed by atoms with Crippen molar-refractivity contribution in [3.05, 3.63) is 53.9 Å².